The molecule has 1 N–H and O–H groups in total. The van der Waals surface area contributed by atoms with Crippen LogP contribution in [0.15, 0.2) is 0 Å². The van der Waals surface area contributed by atoms with Crippen LogP contribution in [0.1, 0.15) is 110 Å². The van der Waals surface area contributed by atoms with Crippen molar-refractivity contribution in [3.8, 4) is 0 Å². The minimum absolute atomic E-state index is 0.0185. The van der Waals surface area contributed by atoms with E-state index in [-0.39, 0.29) is 12.1 Å². The molecule has 0 aromatic carbocycles. The second-order valence-electron chi connectivity index (χ2n) is 7.43. The Balaban J connectivity index is 1.76. The average Bonchev–Trinajstić information content (AvgIpc) is 2.60. The predicted octanol–water partition coefficient (Wildman–Crippen LogP) is 5.76. The summed E-state index contributed by atoms with van der Waals surface area (Å²) >= 11 is 0. The number of rotatable bonds is 15. The lowest BCUT2D eigenvalue weighted by Gasteiger charge is -2.22. The lowest BCUT2D eigenvalue weighted by molar-refractivity contribution is -0.150. The van der Waals surface area contributed by atoms with Gasteiger partial charge in [0.15, 0.2) is 0 Å². The van der Waals surface area contributed by atoms with Crippen molar-refractivity contribution in [3.63, 3.8) is 0 Å². The van der Waals surface area contributed by atoms with Gasteiger partial charge in [0.25, 0.3) is 0 Å². The smallest absolute Gasteiger partial charge is 0.306 e. The SMILES string of the molecule is CCCCCCCCCCCCCCCC(=O)OC1CCNCC1. The normalized spacial score (nSPS) is 15.5. The largest absolute Gasteiger partial charge is 0.462 e. The van der Waals surface area contributed by atoms with Crippen LogP contribution < -0.4 is 5.32 Å². The van der Waals surface area contributed by atoms with E-state index in [1.807, 2.05) is 0 Å². The van der Waals surface area contributed by atoms with E-state index in [9.17, 15) is 4.79 Å². The molecule has 0 amide bonds. The van der Waals surface area contributed by atoms with Crippen LogP contribution in [-0.2, 0) is 9.53 Å². The highest BCUT2D eigenvalue weighted by Gasteiger charge is 2.16. The molecule has 24 heavy (non-hydrogen) atoms. The Labute approximate surface area is 150 Å². The molecule has 0 atom stereocenters. The second-order valence-corrected chi connectivity index (χ2v) is 7.43. The number of unbranched alkanes of at least 4 members (excludes halogenated alkanes) is 12. The first-order valence-electron chi connectivity index (χ1n) is 10.7. The quantitative estimate of drug-likeness (QED) is 0.304. The van der Waals surface area contributed by atoms with Gasteiger partial charge in [-0.05, 0) is 32.4 Å². The molecule has 3 heteroatoms. The molecule has 0 aromatic heterocycles. The Morgan fingerprint density at radius 1 is 0.792 bits per heavy atom. The number of hydrogen-bond acceptors (Lipinski definition) is 3. The summed E-state index contributed by atoms with van der Waals surface area (Å²) in [6.45, 7) is 4.24. The summed E-state index contributed by atoms with van der Waals surface area (Å²) in [5.74, 6) is 0.0185. The third-order valence-electron chi connectivity index (χ3n) is 5.07. The van der Waals surface area contributed by atoms with E-state index >= 15 is 0 Å². The van der Waals surface area contributed by atoms with Crippen LogP contribution in [0.3, 0.4) is 0 Å². The van der Waals surface area contributed by atoms with E-state index in [1.54, 1.807) is 0 Å². The average molecular weight is 340 g/mol. The van der Waals surface area contributed by atoms with Gasteiger partial charge in [-0.3, -0.25) is 4.79 Å². The molecule has 1 saturated heterocycles. The topological polar surface area (TPSA) is 38.3 Å². The maximum absolute atomic E-state index is 11.8. The highest BCUT2D eigenvalue weighted by Crippen LogP contribution is 2.14. The number of carbonyl (C=O) groups excluding carboxylic acids is 1. The Hall–Kier alpha value is -0.570. The minimum atomic E-state index is 0.0185. The highest BCUT2D eigenvalue weighted by atomic mass is 16.5. The van der Waals surface area contributed by atoms with Crippen molar-refractivity contribution >= 4 is 5.97 Å². The van der Waals surface area contributed by atoms with E-state index in [2.05, 4.69) is 12.2 Å². The van der Waals surface area contributed by atoms with E-state index in [0.717, 1.165) is 32.4 Å². The third-order valence-corrected chi connectivity index (χ3v) is 5.07. The number of nitrogens with one attached hydrogen (secondary N) is 1. The Bertz CT molecular complexity index is 288. The summed E-state index contributed by atoms with van der Waals surface area (Å²) in [5.41, 5.74) is 0. The summed E-state index contributed by atoms with van der Waals surface area (Å²) in [7, 11) is 0. The van der Waals surface area contributed by atoms with Crippen LogP contribution in [0, 0.1) is 0 Å². The summed E-state index contributed by atoms with van der Waals surface area (Å²) in [6.07, 6.45) is 20.2. The van der Waals surface area contributed by atoms with Gasteiger partial charge in [0.05, 0.1) is 0 Å². The van der Waals surface area contributed by atoms with E-state index in [0.29, 0.717) is 6.42 Å². The molecule has 1 fully saturated rings. The molecule has 0 unspecified atom stereocenters. The van der Waals surface area contributed by atoms with Gasteiger partial charge in [-0.25, -0.2) is 0 Å². The van der Waals surface area contributed by atoms with Crippen LogP contribution in [0.25, 0.3) is 0 Å². The zero-order valence-corrected chi connectivity index (χ0v) is 16.1. The van der Waals surface area contributed by atoms with Crippen LogP contribution in [-0.4, -0.2) is 25.2 Å². The van der Waals surface area contributed by atoms with Gasteiger partial charge in [-0.15, -0.1) is 0 Å². The number of esters is 1. The molecule has 3 nitrogen and oxygen atoms in total. The van der Waals surface area contributed by atoms with Crippen LogP contribution >= 0.6 is 0 Å². The summed E-state index contributed by atoms with van der Waals surface area (Å²) < 4.78 is 5.52. The molecular weight excluding hydrogens is 298 g/mol. The molecule has 0 radical (unpaired) electrons. The van der Waals surface area contributed by atoms with E-state index in [4.69, 9.17) is 4.74 Å². The fraction of sp³-hybridized carbons (Fsp3) is 0.952. The number of hydrogen-bond donors (Lipinski definition) is 1. The molecule has 0 aromatic rings. The fourth-order valence-electron chi connectivity index (χ4n) is 3.45. The van der Waals surface area contributed by atoms with Crippen molar-refractivity contribution in [1.29, 1.82) is 0 Å². The highest BCUT2D eigenvalue weighted by molar-refractivity contribution is 5.69. The molecule has 0 spiro atoms. The zero-order valence-electron chi connectivity index (χ0n) is 16.1. The Morgan fingerprint density at radius 2 is 1.25 bits per heavy atom. The first kappa shape index (κ1) is 21.5. The van der Waals surface area contributed by atoms with Crippen LogP contribution in [0.4, 0.5) is 0 Å². The number of piperidine rings is 1. The Morgan fingerprint density at radius 3 is 1.75 bits per heavy atom. The molecule has 0 saturated carbocycles. The number of carbonyl (C=O) groups is 1. The molecular formula is C21H41NO2. The van der Waals surface area contributed by atoms with Crippen LogP contribution in [0.5, 0.6) is 0 Å². The van der Waals surface area contributed by atoms with Gasteiger partial charge in [-0.2, -0.15) is 0 Å². The van der Waals surface area contributed by atoms with Gasteiger partial charge < -0.3 is 10.1 Å². The lowest BCUT2D eigenvalue weighted by atomic mass is 10.0. The minimum Gasteiger partial charge on any atom is -0.462 e. The summed E-state index contributed by atoms with van der Waals surface area (Å²) in [6, 6.07) is 0. The molecule has 1 aliphatic rings. The third kappa shape index (κ3) is 12.8. The van der Waals surface area contributed by atoms with Gasteiger partial charge in [0.2, 0.25) is 0 Å². The second kappa shape index (κ2) is 15.9. The summed E-state index contributed by atoms with van der Waals surface area (Å²) in [4.78, 5) is 11.8. The molecule has 0 aliphatic carbocycles. The van der Waals surface area contributed by atoms with E-state index < -0.39 is 0 Å². The molecule has 1 rings (SSSR count). The zero-order chi connectivity index (χ0) is 17.3. The van der Waals surface area contributed by atoms with E-state index in [1.165, 1.54) is 77.0 Å². The predicted molar refractivity (Wildman–Crippen MR) is 102 cm³/mol. The fourth-order valence-corrected chi connectivity index (χ4v) is 3.45. The molecule has 142 valence electrons. The van der Waals surface area contributed by atoms with Crippen molar-refractivity contribution in [2.75, 3.05) is 13.1 Å². The lowest BCUT2D eigenvalue weighted by Crippen LogP contribution is -2.33. The summed E-state index contributed by atoms with van der Waals surface area (Å²) in [5, 5.41) is 3.29. The van der Waals surface area contributed by atoms with Gasteiger partial charge in [0.1, 0.15) is 6.10 Å². The Kier molecular flexibility index (Phi) is 14.3. The van der Waals surface area contributed by atoms with Gasteiger partial charge in [0, 0.05) is 6.42 Å². The van der Waals surface area contributed by atoms with Crippen molar-refractivity contribution in [3.05, 3.63) is 0 Å². The first-order chi connectivity index (χ1) is 11.8. The molecule has 1 aliphatic heterocycles. The first-order valence-corrected chi connectivity index (χ1v) is 10.7. The van der Waals surface area contributed by atoms with Crippen LogP contribution in [0.2, 0.25) is 0 Å². The van der Waals surface area contributed by atoms with Crippen molar-refractivity contribution < 1.29 is 9.53 Å². The maximum atomic E-state index is 11.8. The van der Waals surface area contributed by atoms with Gasteiger partial charge >= 0.3 is 5.97 Å². The molecule has 0 bridgehead atoms. The molecule has 1 heterocycles. The van der Waals surface area contributed by atoms with Gasteiger partial charge in [-0.1, -0.05) is 84.0 Å². The maximum Gasteiger partial charge on any atom is 0.306 e. The monoisotopic (exact) mass is 339 g/mol. The number of ether oxygens (including phenoxy) is 1. The van der Waals surface area contributed by atoms with Crippen molar-refractivity contribution in [1.82, 2.24) is 5.32 Å². The van der Waals surface area contributed by atoms with Crippen molar-refractivity contribution in [2.24, 2.45) is 0 Å². The van der Waals surface area contributed by atoms with Crippen molar-refractivity contribution in [2.45, 2.75) is 116 Å². The standard InChI is InChI=1S/C21H41NO2/c1-2-3-4-5-6-7-8-9-10-11-12-13-14-15-21(23)24-20-16-18-22-19-17-20/h20,22H,2-19H2,1H3.